The lowest BCUT2D eigenvalue weighted by Crippen LogP contribution is -2.00. The van der Waals surface area contributed by atoms with Gasteiger partial charge < -0.3 is 14.6 Å². The molecule has 0 saturated carbocycles. The first-order valence-electron chi connectivity index (χ1n) is 7.93. The predicted molar refractivity (Wildman–Crippen MR) is 101 cm³/mol. The van der Waals surface area contributed by atoms with Crippen LogP contribution < -0.4 is 10.4 Å². The number of ether oxygens (including phenoxy) is 1. The Bertz CT molecular complexity index is 1180. The van der Waals surface area contributed by atoms with Crippen molar-refractivity contribution < 1.29 is 19.6 Å². The average molecular weight is 365 g/mol. The number of nitro benzene ring substituents is 1. The van der Waals surface area contributed by atoms with E-state index in [1.165, 1.54) is 12.1 Å². The summed E-state index contributed by atoms with van der Waals surface area (Å²) in [4.78, 5) is 22.3. The molecule has 4 aromatic rings. The van der Waals surface area contributed by atoms with E-state index in [4.69, 9.17) is 9.15 Å². The lowest BCUT2D eigenvalue weighted by atomic mass is 10.1. The highest BCUT2D eigenvalue weighted by Crippen LogP contribution is 2.26. The molecule has 3 aromatic carbocycles. The van der Waals surface area contributed by atoms with E-state index in [0.717, 1.165) is 16.3 Å². The van der Waals surface area contributed by atoms with Gasteiger partial charge in [0.2, 0.25) is 0 Å². The highest BCUT2D eigenvalue weighted by Gasteiger charge is 2.08. The van der Waals surface area contributed by atoms with E-state index in [9.17, 15) is 14.9 Å². The zero-order chi connectivity index (χ0) is 18.1. The summed E-state index contributed by atoms with van der Waals surface area (Å²) in [6.45, 7) is 0.251. The van der Waals surface area contributed by atoms with Crippen LogP contribution in [-0.2, 0) is 6.61 Å². The molecule has 136 valence electrons. The first-order valence-corrected chi connectivity index (χ1v) is 7.93. The third kappa shape index (κ3) is 3.49. The zero-order valence-corrected chi connectivity index (χ0v) is 14.0. The van der Waals surface area contributed by atoms with E-state index in [2.05, 4.69) is 0 Å². The van der Waals surface area contributed by atoms with Crippen LogP contribution in [0.25, 0.3) is 21.7 Å². The largest absolute Gasteiger partial charge is 0.489 e. The molecular formula is C20H15NO6. The highest BCUT2D eigenvalue weighted by molar-refractivity contribution is 6.04. The van der Waals surface area contributed by atoms with E-state index in [0.29, 0.717) is 16.7 Å². The Morgan fingerprint density at radius 3 is 2.33 bits per heavy atom. The van der Waals surface area contributed by atoms with Crippen LogP contribution in [0.1, 0.15) is 5.56 Å². The van der Waals surface area contributed by atoms with Crippen LogP contribution in [0, 0.1) is 10.1 Å². The molecule has 0 aliphatic carbocycles. The predicted octanol–water partition coefficient (Wildman–Crippen LogP) is 3.61. The Morgan fingerprint density at radius 2 is 1.63 bits per heavy atom. The van der Waals surface area contributed by atoms with Crippen molar-refractivity contribution in [1.29, 1.82) is 0 Å². The van der Waals surface area contributed by atoms with Gasteiger partial charge in [-0.2, -0.15) is 0 Å². The van der Waals surface area contributed by atoms with E-state index < -0.39 is 4.92 Å². The molecule has 1 heterocycles. The van der Waals surface area contributed by atoms with Crippen LogP contribution in [-0.4, -0.2) is 10.4 Å². The molecule has 7 heteroatoms. The quantitative estimate of drug-likeness (QED) is 0.237. The number of hydrogen-bond donors (Lipinski definition) is 0. The number of nitro groups is 1. The minimum Gasteiger partial charge on any atom is -0.489 e. The molecular weight excluding hydrogens is 350 g/mol. The maximum absolute atomic E-state index is 12.1. The Morgan fingerprint density at radius 1 is 0.926 bits per heavy atom. The fourth-order valence-electron chi connectivity index (χ4n) is 2.83. The molecule has 27 heavy (non-hydrogen) atoms. The molecule has 0 bridgehead atoms. The van der Waals surface area contributed by atoms with Gasteiger partial charge in [0.05, 0.1) is 10.3 Å². The molecule has 0 aliphatic rings. The van der Waals surface area contributed by atoms with Crippen molar-refractivity contribution in [2.24, 2.45) is 0 Å². The molecule has 4 rings (SSSR count). The fraction of sp³-hybridized carbons (Fsp3) is 0.0500. The van der Waals surface area contributed by atoms with Crippen molar-refractivity contribution in [1.82, 2.24) is 0 Å². The molecule has 0 saturated heterocycles. The molecule has 0 aliphatic heterocycles. The first kappa shape index (κ1) is 18.1. The number of fused-ring (bicyclic) bond motifs is 3. The Hall–Kier alpha value is -3.71. The number of non-ortho nitro benzene ring substituents is 1. The summed E-state index contributed by atoms with van der Waals surface area (Å²) in [5, 5.41) is 12.9. The van der Waals surface area contributed by atoms with Gasteiger partial charge in [0.1, 0.15) is 17.9 Å². The van der Waals surface area contributed by atoms with Crippen molar-refractivity contribution in [2.75, 3.05) is 0 Å². The van der Waals surface area contributed by atoms with Crippen molar-refractivity contribution in [2.45, 2.75) is 6.61 Å². The maximum Gasteiger partial charge on any atom is 0.344 e. The number of rotatable bonds is 4. The Labute approximate surface area is 152 Å². The second-order valence-electron chi connectivity index (χ2n) is 5.81. The SMILES string of the molecule is O.O=c1oc2cc(OCc3ccc([N+](=O)[O-])cc3)ccc2c2ccccc12. The zero-order valence-electron chi connectivity index (χ0n) is 14.0. The van der Waals surface area contributed by atoms with Crippen LogP contribution in [0.2, 0.25) is 0 Å². The minimum absolute atomic E-state index is 0. The first-order chi connectivity index (χ1) is 12.6. The van der Waals surface area contributed by atoms with E-state index >= 15 is 0 Å². The van der Waals surface area contributed by atoms with Gasteiger partial charge in [-0.05, 0) is 41.3 Å². The second kappa shape index (κ2) is 7.27. The van der Waals surface area contributed by atoms with Gasteiger partial charge >= 0.3 is 5.63 Å². The standard InChI is InChI=1S/C20H13NO5.H2O/c22-20-18-4-2-1-3-16(18)17-10-9-15(11-19(17)26-20)25-12-13-5-7-14(8-6-13)21(23)24;/h1-11H,12H2;1H2. The van der Waals surface area contributed by atoms with Gasteiger partial charge in [0, 0.05) is 23.6 Å². The molecule has 0 radical (unpaired) electrons. The summed E-state index contributed by atoms with van der Waals surface area (Å²) in [6.07, 6.45) is 0. The van der Waals surface area contributed by atoms with Crippen molar-refractivity contribution in [3.8, 4) is 5.75 Å². The molecule has 7 nitrogen and oxygen atoms in total. The van der Waals surface area contributed by atoms with E-state index in [-0.39, 0.29) is 23.4 Å². The van der Waals surface area contributed by atoms with Crippen molar-refractivity contribution in [3.63, 3.8) is 0 Å². The fourth-order valence-corrected chi connectivity index (χ4v) is 2.83. The summed E-state index contributed by atoms with van der Waals surface area (Å²) < 4.78 is 11.1. The topological polar surface area (TPSA) is 114 Å². The molecule has 0 unspecified atom stereocenters. The Balaban J connectivity index is 0.00000210. The van der Waals surface area contributed by atoms with Crippen LogP contribution in [0.15, 0.2) is 75.9 Å². The summed E-state index contributed by atoms with van der Waals surface area (Å²) in [5.41, 5.74) is 0.902. The van der Waals surface area contributed by atoms with Gasteiger partial charge in [0.15, 0.2) is 0 Å². The molecule has 0 amide bonds. The molecule has 0 fully saturated rings. The average Bonchev–Trinajstić information content (AvgIpc) is 2.67. The van der Waals surface area contributed by atoms with Crippen molar-refractivity contribution >= 4 is 27.4 Å². The molecule has 0 spiro atoms. The number of nitrogens with zero attached hydrogens (tertiary/aromatic N) is 1. The molecule has 1 aromatic heterocycles. The molecule has 0 atom stereocenters. The monoisotopic (exact) mass is 365 g/mol. The lowest BCUT2D eigenvalue weighted by molar-refractivity contribution is -0.384. The van der Waals surface area contributed by atoms with Gasteiger partial charge in [-0.15, -0.1) is 0 Å². The van der Waals surface area contributed by atoms with E-state index in [1.54, 1.807) is 36.4 Å². The number of hydrogen-bond acceptors (Lipinski definition) is 5. The third-order valence-corrected chi connectivity index (χ3v) is 4.15. The van der Waals surface area contributed by atoms with Crippen LogP contribution >= 0.6 is 0 Å². The van der Waals surface area contributed by atoms with E-state index in [1.807, 2.05) is 18.2 Å². The van der Waals surface area contributed by atoms with Crippen LogP contribution in [0.3, 0.4) is 0 Å². The maximum atomic E-state index is 12.1. The smallest absolute Gasteiger partial charge is 0.344 e. The van der Waals surface area contributed by atoms with Gasteiger partial charge in [-0.3, -0.25) is 10.1 Å². The number of benzene rings is 3. The van der Waals surface area contributed by atoms with Crippen LogP contribution in [0.4, 0.5) is 5.69 Å². The highest BCUT2D eigenvalue weighted by atomic mass is 16.6. The summed E-state index contributed by atoms with van der Waals surface area (Å²) in [6, 6.07) is 18.8. The van der Waals surface area contributed by atoms with Gasteiger partial charge in [-0.25, -0.2) is 4.79 Å². The lowest BCUT2D eigenvalue weighted by Gasteiger charge is -2.08. The summed E-state index contributed by atoms with van der Waals surface area (Å²) >= 11 is 0. The molecule has 2 N–H and O–H groups in total. The van der Waals surface area contributed by atoms with Crippen molar-refractivity contribution in [3.05, 3.63) is 92.8 Å². The minimum atomic E-state index is -0.444. The van der Waals surface area contributed by atoms with Gasteiger partial charge in [0.25, 0.3) is 5.69 Å². The summed E-state index contributed by atoms with van der Waals surface area (Å²) in [5.74, 6) is 0.550. The van der Waals surface area contributed by atoms with Crippen LogP contribution in [0.5, 0.6) is 5.75 Å². The summed E-state index contributed by atoms with van der Waals surface area (Å²) in [7, 11) is 0. The van der Waals surface area contributed by atoms with Gasteiger partial charge in [-0.1, -0.05) is 18.2 Å². The normalized spacial score (nSPS) is 10.5. The third-order valence-electron chi connectivity index (χ3n) is 4.15. The Kier molecular flexibility index (Phi) is 4.87. The second-order valence-corrected chi connectivity index (χ2v) is 5.81.